The van der Waals surface area contributed by atoms with Crippen molar-refractivity contribution in [2.75, 3.05) is 0 Å². The maximum Gasteiger partial charge on any atom is 0.264 e. The predicted molar refractivity (Wildman–Crippen MR) is 132 cm³/mol. The van der Waals surface area contributed by atoms with E-state index >= 15 is 0 Å². The van der Waals surface area contributed by atoms with Crippen molar-refractivity contribution in [2.45, 2.75) is 13.1 Å². The maximum atomic E-state index is 11.3. The van der Waals surface area contributed by atoms with Crippen LogP contribution in [-0.2, 0) is 13.1 Å². The van der Waals surface area contributed by atoms with E-state index in [9.17, 15) is 4.79 Å². The van der Waals surface area contributed by atoms with E-state index in [1.165, 1.54) is 6.07 Å². The maximum absolute atomic E-state index is 11.3. The van der Waals surface area contributed by atoms with Gasteiger partial charge in [0.25, 0.3) is 11.4 Å². The van der Waals surface area contributed by atoms with Crippen molar-refractivity contribution in [3.05, 3.63) is 113 Å². The minimum absolute atomic E-state index is 0.154. The Kier molecular flexibility index (Phi) is 5.51. The number of hydrogen-bond donors (Lipinski definition) is 2. The smallest absolute Gasteiger partial charge is 0.264 e. The van der Waals surface area contributed by atoms with Gasteiger partial charge in [0, 0.05) is 37.1 Å². The van der Waals surface area contributed by atoms with Crippen molar-refractivity contribution in [3.8, 4) is 34.3 Å². The third-order valence-corrected chi connectivity index (χ3v) is 5.70. The molecule has 6 aromatic rings. The molecule has 0 unspecified atom stereocenters. The Morgan fingerprint density at radius 3 is 2.28 bits per heavy atom. The van der Waals surface area contributed by atoms with Crippen LogP contribution in [0.25, 0.3) is 22.6 Å². The van der Waals surface area contributed by atoms with Gasteiger partial charge in [-0.1, -0.05) is 48.5 Å². The van der Waals surface area contributed by atoms with E-state index < -0.39 is 0 Å². The molecule has 0 spiro atoms. The molecule has 2 aromatic carbocycles. The van der Waals surface area contributed by atoms with Gasteiger partial charge in [-0.25, -0.2) is 9.97 Å². The van der Waals surface area contributed by atoms with Gasteiger partial charge in [0.2, 0.25) is 5.88 Å². The quantitative estimate of drug-likeness (QED) is 0.336. The molecule has 10 heteroatoms. The summed E-state index contributed by atoms with van der Waals surface area (Å²) in [6.07, 6.45) is 8.99. The van der Waals surface area contributed by atoms with E-state index in [0.717, 1.165) is 34.5 Å². The number of hydrogen-bond acceptors (Lipinski definition) is 6. The van der Waals surface area contributed by atoms with Gasteiger partial charge in [0.1, 0.15) is 0 Å². The molecule has 178 valence electrons. The van der Waals surface area contributed by atoms with Gasteiger partial charge in [-0.3, -0.25) is 15.0 Å². The Labute approximate surface area is 204 Å². The standard InChI is InChI=1S/C26H21N7O3/c34-24-11-22(29-30-24)20-5-1-19(2-6-20)14-33-15-26(28-17-33)35-25-12-23(36-31-25)21-7-3-18(4-8-21)13-32-10-9-27-16-32/h1-12,15-17H,13-14H2,(H2,29,30,34). The minimum atomic E-state index is -0.154. The van der Waals surface area contributed by atoms with Crippen molar-refractivity contribution in [3.63, 3.8) is 0 Å². The minimum Gasteiger partial charge on any atom is -0.416 e. The number of H-pyrrole nitrogens is 2. The number of rotatable bonds is 8. The lowest BCUT2D eigenvalue weighted by Gasteiger charge is -2.04. The van der Waals surface area contributed by atoms with Gasteiger partial charge in [-0.2, -0.15) is 0 Å². The number of ether oxygens (including phenoxy) is 1. The monoisotopic (exact) mass is 479 g/mol. The van der Waals surface area contributed by atoms with Crippen LogP contribution >= 0.6 is 0 Å². The third kappa shape index (κ3) is 4.73. The van der Waals surface area contributed by atoms with Crippen molar-refractivity contribution >= 4 is 0 Å². The first-order valence-corrected chi connectivity index (χ1v) is 11.3. The summed E-state index contributed by atoms with van der Waals surface area (Å²) in [5.74, 6) is 1.37. The van der Waals surface area contributed by atoms with Crippen LogP contribution in [0.3, 0.4) is 0 Å². The molecular weight excluding hydrogens is 458 g/mol. The Bertz CT molecular complexity index is 1620. The Morgan fingerprint density at radius 2 is 1.58 bits per heavy atom. The zero-order valence-electron chi connectivity index (χ0n) is 19.0. The highest BCUT2D eigenvalue weighted by molar-refractivity contribution is 5.59. The number of imidazole rings is 2. The second kappa shape index (κ2) is 9.26. The SMILES string of the molecule is O=c1cc(-c2ccc(Cn3cnc(Oc4cc(-c5ccc(Cn6ccnc6)cc5)on4)c3)cc2)[nH][nH]1. The average Bonchev–Trinajstić information content (AvgIpc) is 3.70. The van der Waals surface area contributed by atoms with Crippen LogP contribution in [0, 0.1) is 0 Å². The van der Waals surface area contributed by atoms with Crippen LogP contribution in [0.5, 0.6) is 11.8 Å². The molecule has 0 radical (unpaired) electrons. The number of aromatic amines is 2. The molecule has 0 fully saturated rings. The predicted octanol–water partition coefficient (Wildman–Crippen LogP) is 4.31. The van der Waals surface area contributed by atoms with Gasteiger partial charge < -0.3 is 18.4 Å². The lowest BCUT2D eigenvalue weighted by Crippen LogP contribution is -1.96. The Hall–Kier alpha value is -5.12. The second-order valence-corrected chi connectivity index (χ2v) is 8.32. The number of nitrogens with zero attached hydrogens (tertiary/aromatic N) is 5. The van der Waals surface area contributed by atoms with Crippen LogP contribution in [0.2, 0.25) is 0 Å². The normalized spacial score (nSPS) is 11.1. The molecule has 0 amide bonds. The molecule has 36 heavy (non-hydrogen) atoms. The second-order valence-electron chi connectivity index (χ2n) is 8.32. The van der Waals surface area contributed by atoms with Crippen LogP contribution < -0.4 is 10.3 Å². The molecule has 0 bridgehead atoms. The highest BCUT2D eigenvalue weighted by Crippen LogP contribution is 2.27. The van der Waals surface area contributed by atoms with E-state index in [-0.39, 0.29) is 5.56 Å². The molecule has 4 heterocycles. The van der Waals surface area contributed by atoms with E-state index in [0.29, 0.717) is 24.1 Å². The highest BCUT2D eigenvalue weighted by atomic mass is 16.5. The zero-order chi connectivity index (χ0) is 24.3. The summed E-state index contributed by atoms with van der Waals surface area (Å²) in [6, 6.07) is 19.3. The molecule has 0 atom stereocenters. The largest absolute Gasteiger partial charge is 0.416 e. The first kappa shape index (κ1) is 21.4. The van der Waals surface area contributed by atoms with Gasteiger partial charge in [-0.05, 0) is 21.8 Å². The summed E-state index contributed by atoms with van der Waals surface area (Å²) in [7, 11) is 0. The van der Waals surface area contributed by atoms with E-state index in [2.05, 4.69) is 25.3 Å². The molecule has 0 aliphatic heterocycles. The lowest BCUT2D eigenvalue weighted by atomic mass is 10.1. The lowest BCUT2D eigenvalue weighted by molar-refractivity contribution is 0.367. The van der Waals surface area contributed by atoms with Crippen LogP contribution in [0.4, 0.5) is 0 Å². The summed E-state index contributed by atoms with van der Waals surface area (Å²) in [4.78, 5) is 19.7. The first-order chi connectivity index (χ1) is 17.7. The highest BCUT2D eigenvalue weighted by Gasteiger charge is 2.11. The van der Waals surface area contributed by atoms with Gasteiger partial charge in [-0.15, -0.1) is 0 Å². The van der Waals surface area contributed by atoms with Crippen molar-refractivity contribution in [2.24, 2.45) is 0 Å². The summed E-state index contributed by atoms with van der Waals surface area (Å²) in [5, 5.41) is 9.41. The number of benzene rings is 2. The molecule has 0 aliphatic rings. The molecule has 6 rings (SSSR count). The average molecular weight is 480 g/mol. The third-order valence-electron chi connectivity index (χ3n) is 5.70. The summed E-state index contributed by atoms with van der Waals surface area (Å²) >= 11 is 0. The van der Waals surface area contributed by atoms with Crippen LogP contribution in [0.1, 0.15) is 11.1 Å². The van der Waals surface area contributed by atoms with Crippen molar-refractivity contribution in [1.29, 1.82) is 0 Å². The molecular formula is C26H21N7O3. The van der Waals surface area contributed by atoms with Gasteiger partial charge in [0.05, 0.1) is 30.6 Å². The molecule has 4 aromatic heterocycles. The molecule has 0 saturated carbocycles. The van der Waals surface area contributed by atoms with E-state index in [4.69, 9.17) is 9.26 Å². The molecule has 2 N–H and O–H groups in total. The molecule has 0 saturated heterocycles. The van der Waals surface area contributed by atoms with E-state index in [1.807, 2.05) is 63.9 Å². The zero-order valence-corrected chi connectivity index (χ0v) is 19.0. The Balaban J connectivity index is 1.08. The van der Waals surface area contributed by atoms with E-state index in [1.54, 1.807) is 31.1 Å². The fraction of sp³-hybridized carbons (Fsp3) is 0.0769. The van der Waals surface area contributed by atoms with Gasteiger partial charge in [0.15, 0.2) is 5.76 Å². The van der Waals surface area contributed by atoms with Crippen LogP contribution in [-0.4, -0.2) is 34.5 Å². The number of aromatic nitrogens is 7. The summed E-state index contributed by atoms with van der Waals surface area (Å²) in [5.41, 5.74) is 4.68. The Morgan fingerprint density at radius 1 is 0.833 bits per heavy atom. The van der Waals surface area contributed by atoms with Crippen molar-refractivity contribution in [1.82, 2.24) is 34.5 Å². The van der Waals surface area contributed by atoms with Gasteiger partial charge >= 0.3 is 0 Å². The summed E-state index contributed by atoms with van der Waals surface area (Å²) < 4.78 is 15.2. The number of nitrogens with one attached hydrogen (secondary N) is 2. The summed E-state index contributed by atoms with van der Waals surface area (Å²) in [6.45, 7) is 1.38. The fourth-order valence-corrected chi connectivity index (χ4v) is 3.88. The molecule has 0 aliphatic carbocycles. The van der Waals surface area contributed by atoms with Crippen molar-refractivity contribution < 1.29 is 9.26 Å². The van der Waals surface area contributed by atoms with Crippen LogP contribution in [0.15, 0.2) is 101 Å². The first-order valence-electron chi connectivity index (χ1n) is 11.3. The fourth-order valence-electron chi connectivity index (χ4n) is 3.88. The molecule has 10 nitrogen and oxygen atoms in total. The topological polar surface area (TPSA) is 120 Å².